The second kappa shape index (κ2) is 7.96. The third-order valence-electron chi connectivity index (χ3n) is 2.61. The van der Waals surface area contributed by atoms with Crippen LogP contribution in [0, 0.1) is 3.57 Å². The van der Waals surface area contributed by atoms with Gasteiger partial charge in [-0.25, -0.2) is 0 Å². The first-order chi connectivity index (χ1) is 8.60. The van der Waals surface area contributed by atoms with E-state index >= 15 is 0 Å². The molecule has 0 unspecified atom stereocenters. The standard InChI is InChI=1S/C13H17ClINO2/c1-2-3-6-16(7-8-17)13(18)10-4-5-12(15)11(14)9-10/h4-5,9,17H,2-3,6-8H2,1H3. The number of carbonyl (C=O) groups excluding carboxylic acids is 1. The maximum atomic E-state index is 12.3. The third-order valence-corrected chi connectivity index (χ3v) is 4.18. The van der Waals surface area contributed by atoms with Crippen LogP contribution < -0.4 is 0 Å². The van der Waals surface area contributed by atoms with E-state index in [1.165, 1.54) is 0 Å². The summed E-state index contributed by atoms with van der Waals surface area (Å²) in [5.74, 6) is -0.0733. The predicted molar refractivity (Wildman–Crippen MR) is 82.1 cm³/mol. The molecule has 0 atom stereocenters. The maximum Gasteiger partial charge on any atom is 0.253 e. The lowest BCUT2D eigenvalue weighted by Gasteiger charge is -2.21. The van der Waals surface area contributed by atoms with E-state index in [0.717, 1.165) is 16.4 Å². The Kier molecular flexibility index (Phi) is 6.96. The first-order valence-electron chi connectivity index (χ1n) is 5.95. The number of unbranched alkanes of at least 4 members (excludes halogenated alkanes) is 1. The topological polar surface area (TPSA) is 40.5 Å². The molecule has 0 bridgehead atoms. The molecule has 1 N–H and O–H groups in total. The van der Waals surface area contributed by atoms with Crippen LogP contribution >= 0.6 is 34.2 Å². The molecule has 5 heteroatoms. The van der Waals surface area contributed by atoms with Gasteiger partial charge in [-0.2, -0.15) is 0 Å². The Morgan fingerprint density at radius 1 is 1.44 bits per heavy atom. The van der Waals surface area contributed by atoms with E-state index in [-0.39, 0.29) is 12.5 Å². The lowest BCUT2D eigenvalue weighted by Crippen LogP contribution is -2.34. The van der Waals surface area contributed by atoms with E-state index < -0.39 is 0 Å². The maximum absolute atomic E-state index is 12.3. The van der Waals surface area contributed by atoms with Gasteiger partial charge in [-0.05, 0) is 47.2 Å². The van der Waals surface area contributed by atoms with Crippen molar-refractivity contribution in [1.29, 1.82) is 0 Å². The van der Waals surface area contributed by atoms with Crippen LogP contribution in [0.2, 0.25) is 5.02 Å². The fourth-order valence-electron chi connectivity index (χ4n) is 1.60. The second-order valence-corrected chi connectivity index (χ2v) is 5.57. The van der Waals surface area contributed by atoms with E-state index in [2.05, 4.69) is 29.5 Å². The van der Waals surface area contributed by atoms with Crippen LogP contribution in [0.15, 0.2) is 18.2 Å². The van der Waals surface area contributed by atoms with Crippen LogP contribution in [-0.2, 0) is 0 Å². The Balaban J connectivity index is 2.83. The van der Waals surface area contributed by atoms with Crippen molar-refractivity contribution in [3.63, 3.8) is 0 Å². The van der Waals surface area contributed by atoms with E-state index in [4.69, 9.17) is 16.7 Å². The molecule has 1 amide bonds. The molecule has 3 nitrogen and oxygen atoms in total. The number of amides is 1. The van der Waals surface area contributed by atoms with Crippen molar-refractivity contribution in [3.8, 4) is 0 Å². The van der Waals surface area contributed by atoms with Crippen LogP contribution in [0.4, 0.5) is 0 Å². The molecule has 1 rings (SSSR count). The summed E-state index contributed by atoms with van der Waals surface area (Å²) in [4.78, 5) is 13.9. The fraction of sp³-hybridized carbons (Fsp3) is 0.462. The molecule has 0 heterocycles. The van der Waals surface area contributed by atoms with Crippen molar-refractivity contribution >= 4 is 40.1 Å². The molecule has 0 fully saturated rings. The molecule has 0 spiro atoms. The van der Waals surface area contributed by atoms with Gasteiger partial charge >= 0.3 is 0 Å². The van der Waals surface area contributed by atoms with Crippen molar-refractivity contribution in [3.05, 3.63) is 32.4 Å². The molecule has 18 heavy (non-hydrogen) atoms. The number of hydrogen-bond donors (Lipinski definition) is 1. The second-order valence-electron chi connectivity index (χ2n) is 4.00. The summed E-state index contributed by atoms with van der Waals surface area (Å²) in [6, 6.07) is 5.28. The molecule has 0 saturated carbocycles. The highest BCUT2D eigenvalue weighted by molar-refractivity contribution is 14.1. The lowest BCUT2D eigenvalue weighted by molar-refractivity contribution is 0.0719. The number of halogens is 2. The zero-order valence-corrected chi connectivity index (χ0v) is 13.2. The van der Waals surface area contributed by atoms with Crippen LogP contribution in [0.5, 0.6) is 0 Å². The van der Waals surface area contributed by atoms with Gasteiger partial charge in [-0.3, -0.25) is 4.79 Å². The van der Waals surface area contributed by atoms with Crippen molar-refractivity contribution in [1.82, 2.24) is 4.90 Å². The molecular formula is C13H17ClINO2. The van der Waals surface area contributed by atoms with Crippen molar-refractivity contribution in [2.45, 2.75) is 19.8 Å². The summed E-state index contributed by atoms with van der Waals surface area (Å²) in [5.41, 5.74) is 0.574. The van der Waals surface area contributed by atoms with Crippen molar-refractivity contribution in [2.75, 3.05) is 19.7 Å². The van der Waals surface area contributed by atoms with E-state index in [0.29, 0.717) is 23.7 Å². The number of nitrogens with zero attached hydrogens (tertiary/aromatic N) is 1. The minimum Gasteiger partial charge on any atom is -0.395 e. The highest BCUT2D eigenvalue weighted by Gasteiger charge is 2.15. The van der Waals surface area contributed by atoms with Crippen LogP contribution in [0.1, 0.15) is 30.1 Å². The minimum atomic E-state index is -0.0733. The van der Waals surface area contributed by atoms with Gasteiger partial charge in [0.2, 0.25) is 0 Å². The molecule has 0 aliphatic heterocycles. The van der Waals surface area contributed by atoms with Crippen LogP contribution in [0.25, 0.3) is 0 Å². The number of hydrogen-bond acceptors (Lipinski definition) is 2. The Labute approximate surface area is 126 Å². The molecule has 0 saturated heterocycles. The fourth-order valence-corrected chi connectivity index (χ4v) is 2.11. The monoisotopic (exact) mass is 381 g/mol. The summed E-state index contributed by atoms with van der Waals surface area (Å²) in [6.45, 7) is 3.08. The van der Waals surface area contributed by atoms with Crippen LogP contribution in [-0.4, -0.2) is 35.6 Å². The van der Waals surface area contributed by atoms with Gasteiger partial charge in [0.15, 0.2) is 0 Å². The molecule has 0 aromatic heterocycles. The number of aliphatic hydroxyl groups excluding tert-OH is 1. The first-order valence-corrected chi connectivity index (χ1v) is 7.41. The highest BCUT2D eigenvalue weighted by atomic mass is 127. The van der Waals surface area contributed by atoms with Gasteiger partial charge in [0.1, 0.15) is 0 Å². The lowest BCUT2D eigenvalue weighted by atomic mass is 10.2. The molecule has 0 aliphatic carbocycles. The van der Waals surface area contributed by atoms with Gasteiger partial charge in [0.25, 0.3) is 5.91 Å². The average Bonchev–Trinajstić information content (AvgIpc) is 2.37. The number of rotatable bonds is 6. The third kappa shape index (κ3) is 4.40. The van der Waals surface area contributed by atoms with Crippen molar-refractivity contribution in [2.24, 2.45) is 0 Å². The normalized spacial score (nSPS) is 10.4. The van der Waals surface area contributed by atoms with Crippen molar-refractivity contribution < 1.29 is 9.90 Å². The molecule has 1 aromatic carbocycles. The zero-order valence-electron chi connectivity index (χ0n) is 10.3. The first kappa shape index (κ1) is 15.7. The van der Waals surface area contributed by atoms with Gasteiger partial charge in [-0.15, -0.1) is 0 Å². The summed E-state index contributed by atoms with van der Waals surface area (Å²) >= 11 is 8.14. The molecule has 100 valence electrons. The number of aliphatic hydroxyl groups is 1. The predicted octanol–water partition coefficient (Wildman–Crippen LogP) is 3.18. The molecule has 0 aliphatic rings. The molecule has 1 aromatic rings. The molecule has 0 radical (unpaired) electrons. The van der Waals surface area contributed by atoms with Crippen LogP contribution in [0.3, 0.4) is 0 Å². The largest absolute Gasteiger partial charge is 0.395 e. The summed E-state index contributed by atoms with van der Waals surface area (Å²) in [6.07, 6.45) is 1.95. The van der Waals surface area contributed by atoms with E-state index in [9.17, 15) is 4.79 Å². The van der Waals surface area contributed by atoms with E-state index in [1.807, 2.05) is 6.07 Å². The van der Waals surface area contributed by atoms with E-state index in [1.54, 1.807) is 17.0 Å². The number of carbonyl (C=O) groups is 1. The number of benzene rings is 1. The smallest absolute Gasteiger partial charge is 0.253 e. The minimum absolute atomic E-state index is 0.0203. The SMILES string of the molecule is CCCCN(CCO)C(=O)c1ccc(I)c(Cl)c1. The Morgan fingerprint density at radius 2 is 2.17 bits per heavy atom. The quantitative estimate of drug-likeness (QED) is 0.769. The van der Waals surface area contributed by atoms with Gasteiger partial charge in [-0.1, -0.05) is 24.9 Å². The Bertz CT molecular complexity index is 412. The summed E-state index contributed by atoms with van der Waals surface area (Å²) in [5, 5.41) is 9.59. The Hall–Kier alpha value is -0.330. The highest BCUT2D eigenvalue weighted by Crippen LogP contribution is 2.20. The average molecular weight is 382 g/mol. The van der Waals surface area contributed by atoms with Gasteiger partial charge < -0.3 is 10.0 Å². The zero-order chi connectivity index (χ0) is 13.5. The molecular weight excluding hydrogens is 365 g/mol. The van der Waals surface area contributed by atoms with Gasteiger partial charge in [0, 0.05) is 22.2 Å². The summed E-state index contributed by atoms with van der Waals surface area (Å²) < 4.78 is 0.924. The Morgan fingerprint density at radius 3 is 2.72 bits per heavy atom. The van der Waals surface area contributed by atoms with Gasteiger partial charge in [0.05, 0.1) is 11.6 Å². The summed E-state index contributed by atoms with van der Waals surface area (Å²) in [7, 11) is 0.